The molecule has 0 bridgehead atoms. The number of nitrogens with zero attached hydrogens (tertiary/aromatic N) is 2. The molecule has 0 spiro atoms. The van der Waals surface area contributed by atoms with Crippen LogP contribution in [0, 0.1) is 17.1 Å². The van der Waals surface area contributed by atoms with E-state index in [0.29, 0.717) is 6.54 Å². The minimum Gasteiger partial charge on any atom is -0.347 e. The van der Waals surface area contributed by atoms with Crippen LogP contribution >= 0.6 is 0 Å². The van der Waals surface area contributed by atoms with Gasteiger partial charge < -0.3 is 10.3 Å². The van der Waals surface area contributed by atoms with Gasteiger partial charge in [-0.25, -0.2) is 9.37 Å². The molecule has 0 radical (unpaired) electrons. The predicted molar refractivity (Wildman–Crippen MR) is 65.0 cm³/mol. The number of benzene rings is 1. The third-order valence-electron chi connectivity index (χ3n) is 2.69. The summed E-state index contributed by atoms with van der Waals surface area (Å²) in [6, 6.07) is 6.42. The summed E-state index contributed by atoms with van der Waals surface area (Å²) in [6.45, 7) is 2.53. The molecule has 2 N–H and O–H groups in total. The van der Waals surface area contributed by atoms with E-state index in [9.17, 15) is 4.39 Å². The first-order valence-electron chi connectivity index (χ1n) is 5.62. The predicted octanol–water partition coefficient (Wildman–Crippen LogP) is 2.27. The van der Waals surface area contributed by atoms with Gasteiger partial charge in [0.1, 0.15) is 17.7 Å². The molecule has 18 heavy (non-hydrogen) atoms. The maximum absolute atomic E-state index is 13.1. The summed E-state index contributed by atoms with van der Waals surface area (Å²) in [5.74, 6) is 0.359. The molecule has 1 aromatic heterocycles. The summed E-state index contributed by atoms with van der Waals surface area (Å²) in [5.41, 5.74) is 0.936. The zero-order valence-corrected chi connectivity index (χ0v) is 9.94. The molecule has 0 amide bonds. The van der Waals surface area contributed by atoms with Gasteiger partial charge in [0, 0.05) is 18.9 Å². The van der Waals surface area contributed by atoms with Gasteiger partial charge in [0.05, 0.1) is 11.6 Å². The lowest BCUT2D eigenvalue weighted by atomic mass is 10.1. The Hall–Kier alpha value is -2.19. The minimum absolute atomic E-state index is 0.0654. The highest BCUT2D eigenvalue weighted by Crippen LogP contribution is 2.11. The zero-order valence-electron chi connectivity index (χ0n) is 9.94. The van der Waals surface area contributed by atoms with Crippen LogP contribution in [0.1, 0.15) is 29.9 Å². The van der Waals surface area contributed by atoms with Gasteiger partial charge in [-0.1, -0.05) is 6.07 Å². The molecule has 1 unspecified atom stereocenters. The Morgan fingerprint density at radius 3 is 3.06 bits per heavy atom. The van der Waals surface area contributed by atoms with Crippen molar-refractivity contribution in [2.75, 3.05) is 0 Å². The fourth-order valence-corrected chi connectivity index (χ4v) is 1.65. The standard InChI is InChI=1S/C13H13FN4/c1-9(13-16-4-5-17-13)18-8-10-2-3-12(14)11(6-10)7-15/h2-6,9,18H,8H2,1H3,(H,16,17). The molecule has 0 saturated heterocycles. The minimum atomic E-state index is -0.486. The van der Waals surface area contributed by atoms with Crippen LogP contribution < -0.4 is 5.32 Å². The monoisotopic (exact) mass is 244 g/mol. The topological polar surface area (TPSA) is 64.5 Å². The van der Waals surface area contributed by atoms with Gasteiger partial charge in [-0.2, -0.15) is 5.26 Å². The Balaban J connectivity index is 2.01. The molecule has 1 heterocycles. The number of nitrogens with one attached hydrogen (secondary N) is 2. The van der Waals surface area contributed by atoms with Crippen molar-refractivity contribution in [3.63, 3.8) is 0 Å². The molecule has 1 aromatic carbocycles. The van der Waals surface area contributed by atoms with Crippen molar-refractivity contribution >= 4 is 0 Å². The van der Waals surface area contributed by atoms with Gasteiger partial charge in [0.15, 0.2) is 0 Å². The molecule has 4 nitrogen and oxygen atoms in total. The van der Waals surface area contributed by atoms with E-state index in [0.717, 1.165) is 11.4 Å². The summed E-state index contributed by atoms with van der Waals surface area (Å²) in [6.07, 6.45) is 3.46. The second-order valence-corrected chi connectivity index (χ2v) is 4.00. The Morgan fingerprint density at radius 1 is 1.56 bits per heavy atom. The van der Waals surface area contributed by atoms with E-state index in [-0.39, 0.29) is 11.6 Å². The molecular weight excluding hydrogens is 231 g/mol. The molecule has 0 aliphatic rings. The van der Waals surface area contributed by atoms with Crippen LogP contribution in [0.25, 0.3) is 0 Å². The third kappa shape index (κ3) is 2.73. The first kappa shape index (κ1) is 12.3. The molecule has 2 rings (SSSR count). The van der Waals surface area contributed by atoms with Crippen molar-refractivity contribution in [1.82, 2.24) is 15.3 Å². The van der Waals surface area contributed by atoms with Gasteiger partial charge in [-0.3, -0.25) is 0 Å². The quantitative estimate of drug-likeness (QED) is 0.867. The number of nitriles is 1. The highest BCUT2D eigenvalue weighted by molar-refractivity contribution is 5.34. The van der Waals surface area contributed by atoms with Crippen LogP contribution in [-0.2, 0) is 6.54 Å². The number of hydrogen-bond donors (Lipinski definition) is 2. The number of halogens is 1. The second kappa shape index (κ2) is 5.43. The largest absolute Gasteiger partial charge is 0.347 e. The summed E-state index contributed by atoms with van der Waals surface area (Å²) < 4.78 is 13.1. The summed E-state index contributed by atoms with van der Waals surface area (Å²) in [5, 5.41) is 12.0. The average Bonchev–Trinajstić information content (AvgIpc) is 2.91. The molecule has 0 saturated carbocycles. The third-order valence-corrected chi connectivity index (χ3v) is 2.69. The first-order valence-corrected chi connectivity index (χ1v) is 5.62. The fourth-order valence-electron chi connectivity index (χ4n) is 1.65. The van der Waals surface area contributed by atoms with Crippen LogP contribution in [0.4, 0.5) is 4.39 Å². The normalized spacial score (nSPS) is 12.1. The van der Waals surface area contributed by atoms with Crippen molar-refractivity contribution in [3.05, 3.63) is 53.4 Å². The van der Waals surface area contributed by atoms with E-state index in [1.54, 1.807) is 24.5 Å². The average molecular weight is 244 g/mol. The van der Waals surface area contributed by atoms with E-state index in [1.165, 1.54) is 6.07 Å². The highest BCUT2D eigenvalue weighted by Gasteiger charge is 2.08. The lowest BCUT2D eigenvalue weighted by molar-refractivity contribution is 0.549. The smallest absolute Gasteiger partial charge is 0.140 e. The van der Waals surface area contributed by atoms with Gasteiger partial charge in [0.25, 0.3) is 0 Å². The first-order chi connectivity index (χ1) is 8.70. The van der Waals surface area contributed by atoms with Crippen LogP contribution in [0.3, 0.4) is 0 Å². The van der Waals surface area contributed by atoms with E-state index in [1.807, 2.05) is 13.0 Å². The molecule has 5 heteroatoms. The molecule has 2 aromatic rings. The van der Waals surface area contributed by atoms with Crippen LogP contribution in [-0.4, -0.2) is 9.97 Å². The van der Waals surface area contributed by atoms with Crippen LogP contribution in [0.15, 0.2) is 30.6 Å². The van der Waals surface area contributed by atoms with E-state index >= 15 is 0 Å². The number of rotatable bonds is 4. The van der Waals surface area contributed by atoms with Crippen LogP contribution in [0.5, 0.6) is 0 Å². The van der Waals surface area contributed by atoms with Gasteiger partial charge in [-0.15, -0.1) is 0 Å². The number of aromatic amines is 1. The Morgan fingerprint density at radius 2 is 2.39 bits per heavy atom. The Kier molecular flexibility index (Phi) is 3.70. The van der Waals surface area contributed by atoms with E-state index in [2.05, 4.69) is 15.3 Å². The van der Waals surface area contributed by atoms with Crippen molar-refractivity contribution in [1.29, 1.82) is 5.26 Å². The molecule has 0 aliphatic carbocycles. The highest BCUT2D eigenvalue weighted by atomic mass is 19.1. The zero-order chi connectivity index (χ0) is 13.0. The van der Waals surface area contributed by atoms with Gasteiger partial charge in [-0.05, 0) is 24.6 Å². The van der Waals surface area contributed by atoms with E-state index < -0.39 is 5.82 Å². The molecule has 92 valence electrons. The Labute approximate surface area is 104 Å². The summed E-state index contributed by atoms with van der Waals surface area (Å²) in [4.78, 5) is 7.16. The number of imidazole rings is 1. The lowest BCUT2D eigenvalue weighted by Gasteiger charge is -2.11. The van der Waals surface area contributed by atoms with Crippen molar-refractivity contribution < 1.29 is 4.39 Å². The fraction of sp³-hybridized carbons (Fsp3) is 0.231. The van der Waals surface area contributed by atoms with Crippen molar-refractivity contribution in [2.45, 2.75) is 19.5 Å². The summed E-state index contributed by atoms with van der Waals surface area (Å²) in [7, 11) is 0. The molecule has 0 aliphatic heterocycles. The maximum atomic E-state index is 13.1. The summed E-state index contributed by atoms with van der Waals surface area (Å²) >= 11 is 0. The van der Waals surface area contributed by atoms with Crippen molar-refractivity contribution in [2.24, 2.45) is 0 Å². The van der Waals surface area contributed by atoms with Crippen molar-refractivity contribution in [3.8, 4) is 6.07 Å². The molecule has 1 atom stereocenters. The van der Waals surface area contributed by atoms with Gasteiger partial charge >= 0.3 is 0 Å². The number of aromatic nitrogens is 2. The SMILES string of the molecule is CC(NCc1ccc(F)c(C#N)c1)c1ncc[nH]1. The maximum Gasteiger partial charge on any atom is 0.140 e. The van der Waals surface area contributed by atoms with E-state index in [4.69, 9.17) is 5.26 Å². The van der Waals surface area contributed by atoms with Crippen LogP contribution in [0.2, 0.25) is 0 Å². The molecular formula is C13H13FN4. The van der Waals surface area contributed by atoms with Gasteiger partial charge in [0.2, 0.25) is 0 Å². The second-order valence-electron chi connectivity index (χ2n) is 4.00. The number of H-pyrrole nitrogens is 1. The Bertz CT molecular complexity index is 557. The molecule has 0 fully saturated rings. The number of hydrogen-bond acceptors (Lipinski definition) is 3. The lowest BCUT2D eigenvalue weighted by Crippen LogP contribution is -2.19.